The molecule has 0 bridgehead atoms. The molecule has 1 fully saturated rings. The first kappa shape index (κ1) is 15.8. The number of carbonyl (C=O) groups is 1. The molecule has 25 heavy (non-hydrogen) atoms. The normalized spacial score (nSPS) is 20.9. The molecule has 0 spiro atoms. The number of carbonyl (C=O) groups excluding carboxylic acids is 1. The van der Waals surface area contributed by atoms with Gasteiger partial charge in [0.2, 0.25) is 0 Å². The SMILES string of the molecule is Cn1cc([C@H](NC(=O)c2ccc3ncccc3c2)C2CC(O)C2)cn1. The lowest BCUT2D eigenvalue weighted by Crippen LogP contribution is -2.41. The van der Waals surface area contributed by atoms with Gasteiger partial charge in [-0.15, -0.1) is 0 Å². The number of nitrogens with zero attached hydrogens (tertiary/aromatic N) is 3. The summed E-state index contributed by atoms with van der Waals surface area (Å²) in [4.78, 5) is 17.1. The minimum Gasteiger partial charge on any atom is -0.393 e. The molecule has 0 unspecified atom stereocenters. The Kier molecular flexibility index (Phi) is 3.97. The summed E-state index contributed by atoms with van der Waals surface area (Å²) in [5, 5.41) is 17.9. The smallest absolute Gasteiger partial charge is 0.251 e. The zero-order chi connectivity index (χ0) is 17.4. The summed E-state index contributed by atoms with van der Waals surface area (Å²) in [5.74, 6) is 0.103. The van der Waals surface area contributed by atoms with Crippen molar-refractivity contribution in [2.45, 2.75) is 25.0 Å². The Morgan fingerprint density at radius 3 is 2.92 bits per heavy atom. The molecule has 0 radical (unpaired) electrons. The standard InChI is InChI=1S/C19H20N4O2/c1-23-11-15(10-21-23)18(14-8-16(24)9-14)22-19(25)13-4-5-17-12(7-13)3-2-6-20-17/h2-7,10-11,14,16,18,24H,8-9H2,1H3,(H,22,25)/t14?,16?,18-/m1/s1. The van der Waals surface area contributed by atoms with E-state index in [0.29, 0.717) is 18.4 Å². The van der Waals surface area contributed by atoms with E-state index in [9.17, 15) is 9.90 Å². The zero-order valence-corrected chi connectivity index (χ0v) is 14.0. The fraction of sp³-hybridized carbons (Fsp3) is 0.316. The third kappa shape index (κ3) is 3.13. The average Bonchev–Trinajstić information content (AvgIpc) is 3.03. The second-order valence-electron chi connectivity index (χ2n) is 6.69. The van der Waals surface area contributed by atoms with E-state index in [4.69, 9.17) is 0 Å². The number of amides is 1. The van der Waals surface area contributed by atoms with E-state index < -0.39 is 0 Å². The molecular formula is C19H20N4O2. The maximum absolute atomic E-state index is 12.8. The molecule has 3 aromatic rings. The van der Waals surface area contributed by atoms with Gasteiger partial charge < -0.3 is 10.4 Å². The highest BCUT2D eigenvalue weighted by atomic mass is 16.3. The zero-order valence-electron chi connectivity index (χ0n) is 14.0. The number of aliphatic hydroxyl groups excluding tert-OH is 1. The van der Waals surface area contributed by atoms with Crippen LogP contribution in [0.3, 0.4) is 0 Å². The number of hydrogen-bond donors (Lipinski definition) is 2. The molecule has 1 atom stereocenters. The average molecular weight is 336 g/mol. The Hall–Kier alpha value is -2.73. The van der Waals surface area contributed by atoms with Crippen LogP contribution in [-0.4, -0.2) is 31.9 Å². The van der Waals surface area contributed by atoms with Gasteiger partial charge in [-0.1, -0.05) is 6.07 Å². The number of benzene rings is 1. The maximum atomic E-state index is 12.8. The van der Waals surface area contributed by atoms with Crippen LogP contribution in [0.1, 0.15) is 34.8 Å². The van der Waals surface area contributed by atoms with Crippen LogP contribution in [0.5, 0.6) is 0 Å². The largest absolute Gasteiger partial charge is 0.393 e. The number of pyridine rings is 1. The van der Waals surface area contributed by atoms with Crippen molar-refractivity contribution < 1.29 is 9.90 Å². The summed E-state index contributed by atoms with van der Waals surface area (Å²) in [6.45, 7) is 0. The lowest BCUT2D eigenvalue weighted by Gasteiger charge is -2.37. The van der Waals surface area contributed by atoms with Crippen LogP contribution in [-0.2, 0) is 7.05 Å². The van der Waals surface area contributed by atoms with Crippen molar-refractivity contribution in [3.8, 4) is 0 Å². The highest BCUT2D eigenvalue weighted by molar-refractivity contribution is 5.98. The van der Waals surface area contributed by atoms with E-state index in [1.165, 1.54) is 0 Å². The lowest BCUT2D eigenvalue weighted by molar-refractivity contribution is 0.0235. The van der Waals surface area contributed by atoms with Crippen molar-refractivity contribution in [3.05, 3.63) is 60.0 Å². The van der Waals surface area contributed by atoms with Gasteiger partial charge in [0.25, 0.3) is 5.91 Å². The molecule has 2 aromatic heterocycles. The summed E-state index contributed by atoms with van der Waals surface area (Å²) in [5.41, 5.74) is 2.44. The Morgan fingerprint density at radius 2 is 2.20 bits per heavy atom. The van der Waals surface area contributed by atoms with Gasteiger partial charge in [-0.25, -0.2) is 0 Å². The third-order valence-electron chi connectivity index (χ3n) is 4.86. The number of rotatable bonds is 4. The number of aliphatic hydroxyl groups is 1. The third-order valence-corrected chi connectivity index (χ3v) is 4.86. The molecule has 0 aliphatic heterocycles. The Bertz CT molecular complexity index is 914. The Morgan fingerprint density at radius 1 is 1.36 bits per heavy atom. The maximum Gasteiger partial charge on any atom is 0.251 e. The summed E-state index contributed by atoms with van der Waals surface area (Å²) in [6, 6.07) is 9.16. The van der Waals surface area contributed by atoms with Gasteiger partial charge in [0.15, 0.2) is 0 Å². The van der Waals surface area contributed by atoms with Gasteiger partial charge in [0.1, 0.15) is 0 Å². The Balaban J connectivity index is 1.58. The summed E-state index contributed by atoms with van der Waals surface area (Å²) >= 11 is 0. The van der Waals surface area contributed by atoms with Crippen molar-refractivity contribution in [2.24, 2.45) is 13.0 Å². The number of fused-ring (bicyclic) bond motifs is 1. The molecule has 6 heteroatoms. The lowest BCUT2D eigenvalue weighted by atomic mass is 9.75. The first-order chi connectivity index (χ1) is 12.1. The number of nitrogens with one attached hydrogen (secondary N) is 1. The minimum atomic E-state index is -0.271. The first-order valence-corrected chi connectivity index (χ1v) is 8.42. The fourth-order valence-corrected chi connectivity index (χ4v) is 3.42. The molecular weight excluding hydrogens is 316 g/mol. The van der Waals surface area contributed by atoms with E-state index >= 15 is 0 Å². The van der Waals surface area contributed by atoms with Crippen LogP contribution in [0.4, 0.5) is 0 Å². The number of aromatic nitrogens is 3. The molecule has 0 saturated heterocycles. The van der Waals surface area contributed by atoms with Crippen molar-refractivity contribution in [1.82, 2.24) is 20.1 Å². The van der Waals surface area contributed by atoms with Crippen molar-refractivity contribution >= 4 is 16.8 Å². The van der Waals surface area contributed by atoms with E-state index in [1.54, 1.807) is 23.1 Å². The van der Waals surface area contributed by atoms with Crippen LogP contribution in [0.25, 0.3) is 10.9 Å². The number of aryl methyl sites for hydroxylation is 1. The molecule has 1 aliphatic carbocycles. The molecule has 1 aromatic carbocycles. The van der Waals surface area contributed by atoms with Crippen LogP contribution in [0.15, 0.2) is 48.9 Å². The van der Waals surface area contributed by atoms with Gasteiger partial charge in [-0.2, -0.15) is 5.10 Å². The van der Waals surface area contributed by atoms with Gasteiger partial charge >= 0.3 is 0 Å². The molecule has 128 valence electrons. The Labute approximate surface area is 145 Å². The van der Waals surface area contributed by atoms with E-state index in [2.05, 4.69) is 15.4 Å². The van der Waals surface area contributed by atoms with Gasteiger partial charge in [-0.3, -0.25) is 14.5 Å². The van der Waals surface area contributed by atoms with Crippen LogP contribution < -0.4 is 5.32 Å². The van der Waals surface area contributed by atoms with Gasteiger partial charge in [0.05, 0.1) is 23.9 Å². The van der Waals surface area contributed by atoms with Crippen molar-refractivity contribution in [3.63, 3.8) is 0 Å². The predicted octanol–water partition coefficient (Wildman–Crippen LogP) is 2.21. The van der Waals surface area contributed by atoms with Crippen LogP contribution in [0, 0.1) is 5.92 Å². The second-order valence-corrected chi connectivity index (χ2v) is 6.69. The summed E-state index contributed by atoms with van der Waals surface area (Å²) < 4.78 is 1.73. The molecule has 2 heterocycles. The molecule has 1 saturated carbocycles. The van der Waals surface area contributed by atoms with E-state index in [1.807, 2.05) is 37.5 Å². The van der Waals surface area contributed by atoms with E-state index in [-0.39, 0.29) is 24.0 Å². The predicted molar refractivity (Wildman–Crippen MR) is 93.9 cm³/mol. The molecule has 4 rings (SSSR count). The first-order valence-electron chi connectivity index (χ1n) is 8.42. The van der Waals surface area contributed by atoms with Gasteiger partial charge in [0, 0.05) is 36.0 Å². The van der Waals surface area contributed by atoms with Crippen molar-refractivity contribution in [1.29, 1.82) is 0 Å². The molecule has 1 amide bonds. The minimum absolute atomic E-state index is 0.124. The molecule has 2 N–H and O–H groups in total. The second kappa shape index (κ2) is 6.29. The molecule has 6 nitrogen and oxygen atoms in total. The van der Waals surface area contributed by atoms with Crippen LogP contribution in [0.2, 0.25) is 0 Å². The summed E-state index contributed by atoms with van der Waals surface area (Å²) in [7, 11) is 1.86. The van der Waals surface area contributed by atoms with Crippen LogP contribution >= 0.6 is 0 Å². The highest BCUT2D eigenvalue weighted by Crippen LogP contribution is 2.38. The topological polar surface area (TPSA) is 80.0 Å². The fourth-order valence-electron chi connectivity index (χ4n) is 3.42. The van der Waals surface area contributed by atoms with Crippen molar-refractivity contribution in [2.75, 3.05) is 0 Å². The number of hydrogen-bond acceptors (Lipinski definition) is 4. The quantitative estimate of drug-likeness (QED) is 0.765. The molecule has 1 aliphatic rings. The van der Waals surface area contributed by atoms with Gasteiger partial charge in [-0.05, 0) is 43.0 Å². The van der Waals surface area contributed by atoms with E-state index in [0.717, 1.165) is 16.5 Å². The highest BCUT2D eigenvalue weighted by Gasteiger charge is 2.36. The monoisotopic (exact) mass is 336 g/mol. The summed E-state index contributed by atoms with van der Waals surface area (Å²) in [6.07, 6.45) is 6.55.